The first kappa shape index (κ1) is 21.9. The summed E-state index contributed by atoms with van der Waals surface area (Å²) in [7, 11) is 1.85. The molecular weight excluding hydrogens is 434 g/mol. The van der Waals surface area contributed by atoms with Crippen molar-refractivity contribution >= 4 is 17.9 Å². The lowest BCUT2D eigenvalue weighted by Gasteiger charge is -2.30. The zero-order valence-electron chi connectivity index (χ0n) is 19.1. The molecule has 0 unspecified atom stereocenters. The molecule has 1 saturated heterocycles. The molecule has 176 valence electrons. The van der Waals surface area contributed by atoms with Gasteiger partial charge >= 0.3 is 12.1 Å². The third kappa shape index (κ3) is 4.70. The number of hydrogen-bond acceptors (Lipinski definition) is 6. The molecule has 0 aromatic carbocycles. The molecule has 1 N–H and O–H groups in total. The van der Waals surface area contributed by atoms with Gasteiger partial charge in [0.05, 0.1) is 18.1 Å². The summed E-state index contributed by atoms with van der Waals surface area (Å²) < 4.78 is 7.60. The van der Waals surface area contributed by atoms with Gasteiger partial charge in [-0.15, -0.1) is 0 Å². The number of anilines is 1. The summed E-state index contributed by atoms with van der Waals surface area (Å²) in [5.41, 5.74) is 1.64. The number of carbonyl (C=O) groups excluding carboxylic acids is 2. The van der Waals surface area contributed by atoms with Crippen LogP contribution in [-0.4, -0.2) is 60.7 Å². The molecule has 34 heavy (non-hydrogen) atoms. The molecule has 3 aromatic rings. The monoisotopic (exact) mass is 461 g/mol. The first-order valence-electron chi connectivity index (χ1n) is 11.5. The van der Waals surface area contributed by atoms with E-state index in [1.54, 1.807) is 35.3 Å². The lowest BCUT2D eigenvalue weighted by molar-refractivity contribution is 0.165. The number of rotatable bonds is 5. The highest BCUT2D eigenvalue weighted by Crippen LogP contribution is 2.27. The molecule has 10 heteroatoms. The first-order chi connectivity index (χ1) is 16.6. The maximum atomic E-state index is 12.8. The summed E-state index contributed by atoms with van der Waals surface area (Å²) in [6.45, 7) is 0.980. The van der Waals surface area contributed by atoms with E-state index in [9.17, 15) is 9.59 Å². The minimum atomic E-state index is -0.459. The van der Waals surface area contributed by atoms with Crippen molar-refractivity contribution in [1.82, 2.24) is 29.5 Å². The lowest BCUT2D eigenvalue weighted by atomic mass is 9.94. The molecule has 2 fully saturated rings. The number of nitrogens with one attached hydrogen (secondary N) is 1. The summed E-state index contributed by atoms with van der Waals surface area (Å²) in [5, 5.41) is 6.88. The number of imide groups is 1. The Kier molecular flexibility index (Phi) is 6.11. The highest BCUT2D eigenvalue weighted by molar-refractivity contribution is 6.01. The molecule has 0 radical (unpaired) electrons. The summed E-state index contributed by atoms with van der Waals surface area (Å²) >= 11 is 0. The van der Waals surface area contributed by atoms with Crippen molar-refractivity contribution in [2.75, 3.05) is 18.4 Å². The molecule has 0 bridgehead atoms. The molecule has 4 heterocycles. The zero-order valence-corrected chi connectivity index (χ0v) is 19.1. The van der Waals surface area contributed by atoms with Gasteiger partial charge in [0.15, 0.2) is 0 Å². The minimum absolute atomic E-state index is 0.216. The van der Waals surface area contributed by atoms with E-state index >= 15 is 0 Å². The highest BCUT2D eigenvalue weighted by atomic mass is 16.5. The van der Waals surface area contributed by atoms with Gasteiger partial charge in [0.2, 0.25) is 0 Å². The molecule has 4 amide bonds. The number of hydrogen-bond donors (Lipinski definition) is 1. The minimum Gasteiger partial charge on any atom is -0.456 e. The number of aromatic nitrogens is 4. The third-order valence-electron chi connectivity index (χ3n) is 6.24. The Morgan fingerprint density at radius 3 is 2.65 bits per heavy atom. The van der Waals surface area contributed by atoms with Crippen molar-refractivity contribution in [3.05, 3.63) is 49.1 Å². The van der Waals surface area contributed by atoms with Crippen LogP contribution in [-0.2, 0) is 7.05 Å². The molecule has 5 rings (SSSR count). The Labute approximate surface area is 197 Å². The van der Waals surface area contributed by atoms with E-state index < -0.39 is 6.03 Å². The normalized spacial score (nSPS) is 16.7. The predicted molar refractivity (Wildman–Crippen MR) is 125 cm³/mol. The largest absolute Gasteiger partial charge is 0.456 e. The maximum Gasteiger partial charge on any atom is 0.331 e. The van der Waals surface area contributed by atoms with Gasteiger partial charge in [-0.2, -0.15) is 5.10 Å². The molecule has 3 aromatic heterocycles. The van der Waals surface area contributed by atoms with Crippen molar-refractivity contribution in [3.8, 4) is 22.8 Å². The topological polar surface area (TPSA) is 105 Å². The van der Waals surface area contributed by atoms with E-state index in [0.29, 0.717) is 30.4 Å². The lowest BCUT2D eigenvalue weighted by Crippen LogP contribution is -2.43. The fourth-order valence-corrected chi connectivity index (χ4v) is 4.49. The molecule has 1 aliphatic carbocycles. The van der Waals surface area contributed by atoms with E-state index in [0.717, 1.165) is 36.9 Å². The number of ether oxygens (including phenoxy) is 1. The molecule has 1 saturated carbocycles. The quantitative estimate of drug-likeness (QED) is 0.608. The Morgan fingerprint density at radius 1 is 1.06 bits per heavy atom. The van der Waals surface area contributed by atoms with Crippen molar-refractivity contribution in [3.63, 3.8) is 0 Å². The van der Waals surface area contributed by atoms with Crippen LogP contribution in [0.15, 0.2) is 49.1 Å². The van der Waals surface area contributed by atoms with E-state index in [4.69, 9.17) is 4.74 Å². The fourth-order valence-electron chi connectivity index (χ4n) is 4.49. The van der Waals surface area contributed by atoms with Gasteiger partial charge in [-0.25, -0.2) is 19.5 Å². The zero-order chi connectivity index (χ0) is 23.5. The van der Waals surface area contributed by atoms with Gasteiger partial charge in [0.25, 0.3) is 0 Å². The van der Waals surface area contributed by atoms with Gasteiger partial charge in [-0.3, -0.25) is 15.0 Å². The summed E-state index contributed by atoms with van der Waals surface area (Å²) in [6, 6.07) is 6.52. The second kappa shape index (κ2) is 9.50. The Morgan fingerprint density at radius 2 is 1.91 bits per heavy atom. The van der Waals surface area contributed by atoms with E-state index in [1.807, 2.05) is 24.2 Å². The molecule has 0 atom stereocenters. The van der Waals surface area contributed by atoms with Crippen LogP contribution in [0.1, 0.15) is 32.1 Å². The number of aryl methyl sites for hydroxylation is 1. The van der Waals surface area contributed by atoms with Crippen molar-refractivity contribution in [1.29, 1.82) is 0 Å². The number of nitrogens with zero attached hydrogens (tertiary/aromatic N) is 6. The molecule has 1 aliphatic heterocycles. The van der Waals surface area contributed by atoms with Crippen LogP contribution in [0.4, 0.5) is 15.4 Å². The summed E-state index contributed by atoms with van der Waals surface area (Å²) in [4.78, 5) is 37.2. The Hall–Kier alpha value is -3.95. The van der Waals surface area contributed by atoms with Crippen molar-refractivity contribution in [2.24, 2.45) is 7.05 Å². The Balaban J connectivity index is 1.19. The van der Waals surface area contributed by atoms with Gasteiger partial charge in [0.1, 0.15) is 17.3 Å². The van der Waals surface area contributed by atoms with Gasteiger partial charge in [-0.1, -0.05) is 19.3 Å². The second-order valence-corrected chi connectivity index (χ2v) is 8.61. The predicted octanol–water partition coefficient (Wildman–Crippen LogP) is 4.27. The fraction of sp³-hybridized carbons (Fsp3) is 0.375. The smallest absolute Gasteiger partial charge is 0.331 e. The van der Waals surface area contributed by atoms with E-state index in [2.05, 4.69) is 20.4 Å². The molecule has 10 nitrogen and oxygen atoms in total. The SMILES string of the molecule is Cn1cc(-c2cc(Oc3ccc(NC(=O)N4CCN(C5CCCCC5)C4=O)nc3)ccn2)cn1. The average Bonchev–Trinajstić information content (AvgIpc) is 3.47. The maximum absolute atomic E-state index is 12.8. The van der Waals surface area contributed by atoms with Gasteiger partial charge < -0.3 is 9.64 Å². The molecule has 2 aliphatic rings. The van der Waals surface area contributed by atoms with Gasteiger partial charge in [-0.05, 0) is 31.0 Å². The van der Waals surface area contributed by atoms with Crippen LogP contribution in [0, 0.1) is 0 Å². The Bertz CT molecular complexity index is 1170. The molecule has 0 spiro atoms. The van der Waals surface area contributed by atoms with Crippen LogP contribution in [0.3, 0.4) is 0 Å². The summed E-state index contributed by atoms with van der Waals surface area (Å²) in [5.74, 6) is 1.48. The summed E-state index contributed by atoms with van der Waals surface area (Å²) in [6.07, 6.45) is 12.4. The number of carbonyl (C=O) groups is 2. The average molecular weight is 462 g/mol. The van der Waals surface area contributed by atoms with Gasteiger partial charge in [0, 0.05) is 50.2 Å². The first-order valence-corrected chi connectivity index (χ1v) is 11.5. The van der Waals surface area contributed by atoms with Crippen LogP contribution >= 0.6 is 0 Å². The second-order valence-electron chi connectivity index (χ2n) is 8.61. The number of pyridine rings is 2. The highest BCUT2D eigenvalue weighted by Gasteiger charge is 2.37. The van der Waals surface area contributed by atoms with Crippen molar-refractivity contribution < 1.29 is 14.3 Å². The number of urea groups is 2. The van der Waals surface area contributed by atoms with Crippen LogP contribution in [0.25, 0.3) is 11.3 Å². The van der Waals surface area contributed by atoms with Crippen LogP contribution < -0.4 is 10.1 Å². The van der Waals surface area contributed by atoms with Crippen LogP contribution in [0.5, 0.6) is 11.5 Å². The van der Waals surface area contributed by atoms with Crippen LogP contribution in [0.2, 0.25) is 0 Å². The molecular formula is C24H27N7O3. The number of amides is 4. The van der Waals surface area contributed by atoms with E-state index in [-0.39, 0.29) is 12.1 Å². The third-order valence-corrected chi connectivity index (χ3v) is 6.24. The standard InChI is InChI=1S/C24H27N7O3/c1-29-16-17(14-27-29)21-13-19(9-10-25-21)34-20-7-8-22(26-15-20)28-23(32)31-12-11-30(24(31)33)18-5-3-2-4-6-18/h7-10,13-16,18H,2-6,11-12H2,1H3,(H,26,28,32). The van der Waals surface area contributed by atoms with E-state index in [1.165, 1.54) is 17.5 Å². The van der Waals surface area contributed by atoms with Crippen molar-refractivity contribution in [2.45, 2.75) is 38.1 Å².